The smallest absolute Gasteiger partial charge is 0.158 e. The van der Waals surface area contributed by atoms with E-state index in [9.17, 15) is 0 Å². The Balaban J connectivity index is 2.56. The van der Waals surface area contributed by atoms with E-state index >= 15 is 0 Å². The van der Waals surface area contributed by atoms with Crippen LogP contribution in [-0.4, -0.2) is 9.97 Å². The molecule has 1 aromatic heterocycles. The summed E-state index contributed by atoms with van der Waals surface area (Å²) in [5.74, 6) is 0.527. The molecule has 0 saturated carbocycles. The van der Waals surface area contributed by atoms with Gasteiger partial charge in [0.2, 0.25) is 0 Å². The monoisotopic (exact) mass is 213 g/mol. The predicted octanol–water partition coefficient (Wildman–Crippen LogP) is 0.545. The van der Waals surface area contributed by atoms with E-state index in [1.807, 2.05) is 6.92 Å². The topological polar surface area (TPSA) is 87.6 Å². The van der Waals surface area contributed by atoms with Gasteiger partial charge in [-0.2, -0.15) is 5.26 Å². The zero-order valence-corrected chi connectivity index (χ0v) is 8.81. The number of dihydropyridines is 1. The lowest BCUT2D eigenvalue weighted by Gasteiger charge is -2.31. The SMILES string of the molecule is CC1(c2ncccn2)NC=CC(N)=C1C#N. The second-order valence-corrected chi connectivity index (χ2v) is 3.62. The van der Waals surface area contributed by atoms with Gasteiger partial charge in [0.05, 0.1) is 11.6 Å². The lowest BCUT2D eigenvalue weighted by molar-refractivity contribution is 0.466. The summed E-state index contributed by atoms with van der Waals surface area (Å²) in [4.78, 5) is 8.32. The van der Waals surface area contributed by atoms with Gasteiger partial charge in [0, 0.05) is 18.1 Å². The highest BCUT2D eigenvalue weighted by molar-refractivity contribution is 5.46. The highest BCUT2D eigenvalue weighted by Gasteiger charge is 2.36. The third kappa shape index (κ3) is 1.41. The molecular formula is C11H11N5. The minimum absolute atomic E-state index is 0.432. The molecule has 0 radical (unpaired) electrons. The van der Waals surface area contributed by atoms with Crippen molar-refractivity contribution in [1.29, 1.82) is 5.26 Å². The Morgan fingerprint density at radius 2 is 2.12 bits per heavy atom. The lowest BCUT2D eigenvalue weighted by Crippen LogP contribution is -2.42. The summed E-state index contributed by atoms with van der Waals surface area (Å²) < 4.78 is 0. The first-order valence-electron chi connectivity index (χ1n) is 4.80. The molecule has 0 aliphatic carbocycles. The van der Waals surface area contributed by atoms with Crippen LogP contribution in [0.5, 0.6) is 0 Å². The molecule has 0 aromatic carbocycles. The van der Waals surface area contributed by atoms with Crippen molar-refractivity contribution in [3.05, 3.63) is 47.8 Å². The fourth-order valence-electron chi connectivity index (χ4n) is 1.65. The second kappa shape index (κ2) is 3.66. The maximum atomic E-state index is 9.14. The van der Waals surface area contributed by atoms with Gasteiger partial charge >= 0.3 is 0 Å². The van der Waals surface area contributed by atoms with Gasteiger partial charge in [-0.3, -0.25) is 0 Å². The molecule has 1 unspecified atom stereocenters. The van der Waals surface area contributed by atoms with E-state index in [4.69, 9.17) is 11.0 Å². The van der Waals surface area contributed by atoms with Gasteiger partial charge in [0.15, 0.2) is 5.82 Å². The van der Waals surface area contributed by atoms with Crippen molar-refractivity contribution in [3.63, 3.8) is 0 Å². The molecule has 0 saturated heterocycles. The number of nitrogens with one attached hydrogen (secondary N) is 1. The molecule has 1 aromatic rings. The van der Waals surface area contributed by atoms with Gasteiger partial charge in [0.1, 0.15) is 5.54 Å². The van der Waals surface area contributed by atoms with Crippen LogP contribution in [0.15, 0.2) is 42.0 Å². The second-order valence-electron chi connectivity index (χ2n) is 3.62. The van der Waals surface area contributed by atoms with Crippen LogP contribution >= 0.6 is 0 Å². The van der Waals surface area contributed by atoms with Gasteiger partial charge in [-0.15, -0.1) is 0 Å². The molecule has 0 amide bonds. The van der Waals surface area contributed by atoms with Gasteiger partial charge in [-0.1, -0.05) is 0 Å². The minimum Gasteiger partial charge on any atom is -0.398 e. The minimum atomic E-state index is -0.755. The molecule has 2 rings (SSSR count). The summed E-state index contributed by atoms with van der Waals surface area (Å²) in [5.41, 5.74) is 5.89. The highest BCUT2D eigenvalue weighted by Crippen LogP contribution is 2.29. The van der Waals surface area contributed by atoms with E-state index in [1.54, 1.807) is 30.7 Å². The fourth-order valence-corrected chi connectivity index (χ4v) is 1.65. The van der Waals surface area contributed by atoms with Crippen LogP contribution < -0.4 is 11.1 Å². The third-order valence-corrected chi connectivity index (χ3v) is 2.55. The zero-order valence-electron chi connectivity index (χ0n) is 8.81. The molecule has 5 nitrogen and oxygen atoms in total. The Labute approximate surface area is 93.3 Å². The molecule has 5 heteroatoms. The molecule has 1 aliphatic heterocycles. The molecule has 1 aliphatic rings. The van der Waals surface area contributed by atoms with Gasteiger partial charge < -0.3 is 11.1 Å². The van der Waals surface area contributed by atoms with Crippen molar-refractivity contribution in [2.75, 3.05) is 0 Å². The van der Waals surface area contributed by atoms with Crippen LogP contribution in [-0.2, 0) is 5.54 Å². The molecule has 80 valence electrons. The number of nitrogens with two attached hydrogens (primary N) is 1. The van der Waals surface area contributed by atoms with Gasteiger partial charge in [0.25, 0.3) is 0 Å². The van der Waals surface area contributed by atoms with Crippen molar-refractivity contribution in [2.24, 2.45) is 5.73 Å². The maximum absolute atomic E-state index is 9.14. The highest BCUT2D eigenvalue weighted by atomic mass is 15.0. The number of aromatic nitrogens is 2. The summed E-state index contributed by atoms with van der Waals surface area (Å²) in [5, 5.41) is 12.2. The van der Waals surface area contributed by atoms with E-state index in [1.165, 1.54) is 0 Å². The molecule has 3 N–H and O–H groups in total. The summed E-state index contributed by atoms with van der Waals surface area (Å²) in [6.07, 6.45) is 6.63. The average Bonchev–Trinajstić information content (AvgIpc) is 2.30. The fraction of sp³-hybridized carbons (Fsp3) is 0.182. The number of hydrogen-bond acceptors (Lipinski definition) is 5. The van der Waals surface area contributed by atoms with Crippen LogP contribution in [0.3, 0.4) is 0 Å². The first kappa shape index (κ1) is 10.2. The van der Waals surface area contributed by atoms with E-state index in [0.29, 0.717) is 17.1 Å². The first-order valence-corrected chi connectivity index (χ1v) is 4.80. The zero-order chi connectivity index (χ0) is 11.6. The van der Waals surface area contributed by atoms with E-state index in [0.717, 1.165) is 0 Å². The normalized spacial score (nSPS) is 23.8. The first-order chi connectivity index (χ1) is 7.68. The van der Waals surface area contributed by atoms with E-state index in [-0.39, 0.29) is 0 Å². The average molecular weight is 213 g/mol. The van der Waals surface area contributed by atoms with Crippen molar-refractivity contribution in [1.82, 2.24) is 15.3 Å². The summed E-state index contributed by atoms with van der Waals surface area (Å²) in [7, 11) is 0. The molecule has 0 fully saturated rings. The Hall–Kier alpha value is -2.35. The van der Waals surface area contributed by atoms with Crippen LogP contribution in [0.1, 0.15) is 12.7 Å². The molecule has 0 bridgehead atoms. The van der Waals surface area contributed by atoms with Crippen molar-refractivity contribution in [2.45, 2.75) is 12.5 Å². The van der Waals surface area contributed by atoms with Gasteiger partial charge in [-0.25, -0.2) is 9.97 Å². The lowest BCUT2D eigenvalue weighted by atomic mass is 9.88. The van der Waals surface area contributed by atoms with Crippen LogP contribution in [0.25, 0.3) is 0 Å². The Kier molecular flexibility index (Phi) is 2.33. The van der Waals surface area contributed by atoms with Gasteiger partial charge in [-0.05, 0) is 25.3 Å². The Morgan fingerprint density at radius 3 is 2.75 bits per heavy atom. The van der Waals surface area contributed by atoms with Crippen LogP contribution in [0.4, 0.5) is 0 Å². The third-order valence-electron chi connectivity index (χ3n) is 2.55. The molecule has 0 spiro atoms. The number of hydrogen-bond donors (Lipinski definition) is 2. The van der Waals surface area contributed by atoms with Crippen LogP contribution in [0, 0.1) is 11.3 Å². The van der Waals surface area contributed by atoms with Crippen molar-refractivity contribution >= 4 is 0 Å². The van der Waals surface area contributed by atoms with Crippen molar-refractivity contribution in [3.8, 4) is 6.07 Å². The van der Waals surface area contributed by atoms with E-state index in [2.05, 4.69) is 21.4 Å². The maximum Gasteiger partial charge on any atom is 0.158 e. The number of rotatable bonds is 1. The standard InChI is InChI=1S/C11H11N5/c1-11(10-14-4-2-5-15-10)8(7-12)9(13)3-6-16-11/h2-6,16H,13H2,1H3. The molecular weight excluding hydrogens is 202 g/mol. The summed E-state index contributed by atoms with van der Waals surface area (Å²) in [6.45, 7) is 1.83. The molecule has 2 heterocycles. The van der Waals surface area contributed by atoms with Crippen LogP contribution in [0.2, 0.25) is 0 Å². The molecule has 16 heavy (non-hydrogen) atoms. The summed E-state index contributed by atoms with van der Waals surface area (Å²) >= 11 is 0. The van der Waals surface area contributed by atoms with E-state index < -0.39 is 5.54 Å². The number of nitriles is 1. The Bertz CT molecular complexity index is 497. The summed E-state index contributed by atoms with van der Waals surface area (Å²) in [6, 6.07) is 3.83. The molecule has 1 atom stereocenters. The number of allylic oxidation sites excluding steroid dienone is 1. The quantitative estimate of drug-likeness (QED) is 0.711. The van der Waals surface area contributed by atoms with Crippen molar-refractivity contribution < 1.29 is 0 Å². The Morgan fingerprint density at radius 1 is 1.44 bits per heavy atom. The predicted molar refractivity (Wildman–Crippen MR) is 58.5 cm³/mol. The number of nitrogens with zero attached hydrogens (tertiary/aromatic N) is 3. The largest absolute Gasteiger partial charge is 0.398 e.